The molecule has 1 saturated heterocycles. The Bertz CT molecular complexity index is 937. The number of anilines is 1. The zero-order chi connectivity index (χ0) is 17.9. The van der Waals surface area contributed by atoms with Crippen LogP contribution in [-0.2, 0) is 4.74 Å². The first-order valence-electron chi connectivity index (χ1n) is 8.21. The predicted molar refractivity (Wildman–Crippen MR) is 99.7 cm³/mol. The van der Waals surface area contributed by atoms with Crippen LogP contribution in [0, 0.1) is 0 Å². The Balaban J connectivity index is 1.61. The number of ether oxygens (including phenoxy) is 1. The molecular formula is C18H17N5O2S. The molecule has 0 saturated carbocycles. The highest BCUT2D eigenvalue weighted by Crippen LogP contribution is 2.31. The van der Waals surface area contributed by atoms with Crippen LogP contribution in [0.4, 0.5) is 5.82 Å². The molecule has 3 heterocycles. The van der Waals surface area contributed by atoms with Crippen molar-refractivity contribution in [2.45, 2.75) is 0 Å². The van der Waals surface area contributed by atoms with Gasteiger partial charge in [-0.05, 0) is 12.1 Å². The highest BCUT2D eigenvalue weighted by atomic mass is 32.1. The quantitative estimate of drug-likeness (QED) is 0.763. The summed E-state index contributed by atoms with van der Waals surface area (Å²) in [5, 5.41) is 2.70. The largest absolute Gasteiger partial charge is 0.383 e. The number of rotatable bonds is 3. The first-order chi connectivity index (χ1) is 12.7. The normalized spacial score (nSPS) is 14.4. The van der Waals surface area contributed by atoms with Crippen molar-refractivity contribution in [3.05, 3.63) is 47.7 Å². The van der Waals surface area contributed by atoms with Crippen LogP contribution in [0.15, 0.2) is 42.2 Å². The second-order valence-corrected chi connectivity index (χ2v) is 6.70. The zero-order valence-corrected chi connectivity index (χ0v) is 14.8. The molecule has 7 nitrogen and oxygen atoms in total. The lowest BCUT2D eigenvalue weighted by Crippen LogP contribution is -2.40. The molecule has 1 aliphatic heterocycles. The smallest absolute Gasteiger partial charge is 0.254 e. The Kier molecular flexibility index (Phi) is 4.59. The number of carbonyl (C=O) groups excluding carboxylic acids is 1. The van der Waals surface area contributed by atoms with Gasteiger partial charge in [0.1, 0.15) is 17.2 Å². The second kappa shape index (κ2) is 7.19. The van der Waals surface area contributed by atoms with Gasteiger partial charge in [0.15, 0.2) is 0 Å². The third-order valence-corrected chi connectivity index (χ3v) is 5.06. The summed E-state index contributed by atoms with van der Waals surface area (Å²) < 4.78 is 5.31. The van der Waals surface area contributed by atoms with E-state index in [0.717, 1.165) is 16.3 Å². The van der Waals surface area contributed by atoms with E-state index < -0.39 is 0 Å². The van der Waals surface area contributed by atoms with Crippen LogP contribution >= 0.6 is 11.3 Å². The number of hydrogen-bond acceptors (Lipinski definition) is 7. The molecule has 0 aliphatic carbocycles. The summed E-state index contributed by atoms with van der Waals surface area (Å²) in [7, 11) is 0. The SMILES string of the molecule is Nc1ncncc1-c1nc(-c2cccc(C(=O)N3CCOCC3)c2)cs1. The number of hydrogen-bond donors (Lipinski definition) is 1. The molecule has 1 aliphatic rings. The maximum absolute atomic E-state index is 12.7. The predicted octanol–water partition coefficient (Wildman–Crippen LogP) is 2.32. The number of carbonyl (C=O) groups is 1. The van der Waals surface area contributed by atoms with Gasteiger partial charge in [0.25, 0.3) is 5.91 Å². The lowest BCUT2D eigenvalue weighted by molar-refractivity contribution is 0.0303. The molecule has 4 rings (SSSR count). The van der Waals surface area contributed by atoms with E-state index in [-0.39, 0.29) is 5.91 Å². The van der Waals surface area contributed by atoms with Gasteiger partial charge >= 0.3 is 0 Å². The van der Waals surface area contributed by atoms with Crippen LogP contribution in [0.25, 0.3) is 21.8 Å². The van der Waals surface area contributed by atoms with Crippen LogP contribution in [0.3, 0.4) is 0 Å². The summed E-state index contributed by atoms with van der Waals surface area (Å²) in [5.74, 6) is 0.420. The fraction of sp³-hybridized carbons (Fsp3) is 0.222. The summed E-state index contributed by atoms with van der Waals surface area (Å²) in [6.45, 7) is 2.41. The average Bonchev–Trinajstić information content (AvgIpc) is 3.18. The third kappa shape index (κ3) is 3.29. The number of benzene rings is 1. The molecule has 1 aromatic carbocycles. The van der Waals surface area contributed by atoms with Gasteiger partial charge in [0.2, 0.25) is 0 Å². The van der Waals surface area contributed by atoms with Crippen molar-refractivity contribution in [3.8, 4) is 21.8 Å². The second-order valence-electron chi connectivity index (χ2n) is 5.84. The van der Waals surface area contributed by atoms with Crippen LogP contribution in [-0.4, -0.2) is 52.1 Å². The number of nitrogens with zero attached hydrogens (tertiary/aromatic N) is 4. The molecule has 0 unspecified atom stereocenters. The maximum Gasteiger partial charge on any atom is 0.254 e. The number of nitrogen functional groups attached to an aromatic ring is 1. The summed E-state index contributed by atoms with van der Waals surface area (Å²) in [6.07, 6.45) is 3.07. The van der Waals surface area contributed by atoms with E-state index in [1.165, 1.54) is 17.7 Å². The van der Waals surface area contributed by atoms with E-state index in [0.29, 0.717) is 43.2 Å². The Morgan fingerprint density at radius 3 is 2.92 bits per heavy atom. The Labute approximate surface area is 154 Å². The molecule has 2 N–H and O–H groups in total. The van der Waals surface area contributed by atoms with E-state index >= 15 is 0 Å². The molecular weight excluding hydrogens is 350 g/mol. The maximum atomic E-state index is 12.7. The minimum absolute atomic E-state index is 0.0197. The number of amides is 1. The van der Waals surface area contributed by atoms with Gasteiger partial charge in [0, 0.05) is 35.8 Å². The minimum Gasteiger partial charge on any atom is -0.383 e. The lowest BCUT2D eigenvalue weighted by atomic mass is 10.1. The zero-order valence-electron chi connectivity index (χ0n) is 14.0. The molecule has 2 aromatic heterocycles. The topological polar surface area (TPSA) is 94.2 Å². The van der Waals surface area contributed by atoms with Gasteiger partial charge in [0.05, 0.1) is 24.5 Å². The molecule has 1 fully saturated rings. The van der Waals surface area contributed by atoms with E-state index in [1.54, 1.807) is 6.20 Å². The van der Waals surface area contributed by atoms with E-state index in [9.17, 15) is 4.79 Å². The van der Waals surface area contributed by atoms with Gasteiger partial charge in [-0.1, -0.05) is 12.1 Å². The van der Waals surface area contributed by atoms with Gasteiger partial charge in [-0.3, -0.25) is 4.79 Å². The van der Waals surface area contributed by atoms with Gasteiger partial charge in [-0.15, -0.1) is 11.3 Å². The summed E-state index contributed by atoms with van der Waals surface area (Å²) in [5.41, 5.74) is 8.96. The van der Waals surface area contributed by atoms with Crippen molar-refractivity contribution in [1.82, 2.24) is 19.9 Å². The molecule has 8 heteroatoms. The fourth-order valence-electron chi connectivity index (χ4n) is 2.79. The lowest BCUT2D eigenvalue weighted by Gasteiger charge is -2.26. The Morgan fingerprint density at radius 2 is 2.12 bits per heavy atom. The first kappa shape index (κ1) is 16.6. The van der Waals surface area contributed by atoms with Crippen molar-refractivity contribution in [2.24, 2.45) is 0 Å². The molecule has 0 spiro atoms. The van der Waals surface area contributed by atoms with Crippen LogP contribution in [0.1, 0.15) is 10.4 Å². The number of thiazole rings is 1. The van der Waals surface area contributed by atoms with Crippen LogP contribution < -0.4 is 5.73 Å². The first-order valence-corrected chi connectivity index (χ1v) is 9.09. The number of nitrogens with two attached hydrogens (primary N) is 1. The molecule has 132 valence electrons. The summed E-state index contributed by atoms with van der Waals surface area (Å²) in [6, 6.07) is 7.53. The monoisotopic (exact) mass is 367 g/mol. The highest BCUT2D eigenvalue weighted by molar-refractivity contribution is 7.13. The minimum atomic E-state index is 0.0197. The average molecular weight is 367 g/mol. The molecule has 3 aromatic rings. The molecule has 0 radical (unpaired) electrons. The third-order valence-electron chi connectivity index (χ3n) is 4.18. The summed E-state index contributed by atoms with van der Waals surface area (Å²) >= 11 is 1.47. The fourth-order valence-corrected chi connectivity index (χ4v) is 3.64. The highest BCUT2D eigenvalue weighted by Gasteiger charge is 2.19. The number of morpholine rings is 1. The van der Waals surface area contributed by atoms with E-state index in [2.05, 4.69) is 15.0 Å². The molecule has 0 bridgehead atoms. The molecule has 26 heavy (non-hydrogen) atoms. The van der Waals surface area contributed by atoms with Crippen molar-refractivity contribution in [3.63, 3.8) is 0 Å². The standard InChI is InChI=1S/C18H17N5O2S/c19-16-14(9-20-11-21-16)17-22-15(10-26-17)12-2-1-3-13(8-12)18(24)23-4-6-25-7-5-23/h1-3,8-11H,4-7H2,(H2,19,20,21). The van der Waals surface area contributed by atoms with Gasteiger partial charge in [-0.25, -0.2) is 15.0 Å². The van der Waals surface area contributed by atoms with Crippen LogP contribution in [0.2, 0.25) is 0 Å². The van der Waals surface area contributed by atoms with Crippen molar-refractivity contribution in [1.29, 1.82) is 0 Å². The van der Waals surface area contributed by atoms with Crippen LogP contribution in [0.5, 0.6) is 0 Å². The van der Waals surface area contributed by atoms with Gasteiger partial charge < -0.3 is 15.4 Å². The summed E-state index contributed by atoms with van der Waals surface area (Å²) in [4.78, 5) is 27.1. The molecule has 0 atom stereocenters. The Morgan fingerprint density at radius 1 is 1.27 bits per heavy atom. The van der Waals surface area contributed by atoms with E-state index in [1.807, 2.05) is 34.5 Å². The number of aromatic nitrogens is 3. The van der Waals surface area contributed by atoms with E-state index in [4.69, 9.17) is 10.5 Å². The Hall–Kier alpha value is -2.84. The van der Waals surface area contributed by atoms with Crippen molar-refractivity contribution in [2.75, 3.05) is 32.0 Å². The molecule has 1 amide bonds. The van der Waals surface area contributed by atoms with Crippen molar-refractivity contribution >= 4 is 23.1 Å². The van der Waals surface area contributed by atoms with Crippen molar-refractivity contribution < 1.29 is 9.53 Å². The van der Waals surface area contributed by atoms with Gasteiger partial charge in [-0.2, -0.15) is 0 Å².